The van der Waals surface area contributed by atoms with Gasteiger partial charge in [0.2, 0.25) is 0 Å². The molecule has 0 aliphatic rings. The van der Waals surface area contributed by atoms with Crippen LogP contribution in [-0.4, -0.2) is 31.8 Å². The maximum atomic E-state index is 11.4. The van der Waals surface area contributed by atoms with Gasteiger partial charge in [0.05, 0.1) is 26.1 Å². The van der Waals surface area contributed by atoms with Crippen molar-refractivity contribution in [3.05, 3.63) is 123 Å². The second-order valence-electron chi connectivity index (χ2n) is 9.29. The maximum Gasteiger partial charge on any atom is 0.333 e. The molecular weight excluding hydrogens is 528 g/mol. The van der Waals surface area contributed by atoms with E-state index in [-0.39, 0.29) is 18.5 Å². The minimum Gasteiger partial charge on any atom is -0.494 e. The van der Waals surface area contributed by atoms with E-state index in [1.165, 1.54) is 0 Å². The molecule has 0 amide bonds. The molecule has 0 atom stereocenters. The summed E-state index contributed by atoms with van der Waals surface area (Å²) in [6, 6.07) is 24.3. The molecule has 3 rings (SSSR count). The van der Waals surface area contributed by atoms with Crippen LogP contribution >= 0.6 is 0 Å². The summed E-state index contributed by atoms with van der Waals surface area (Å²) < 4.78 is 21.5. The molecule has 0 saturated heterocycles. The van der Waals surface area contributed by atoms with Gasteiger partial charge in [-0.15, -0.1) is 13.2 Å². The highest BCUT2D eigenvalue weighted by Crippen LogP contribution is 2.27. The smallest absolute Gasteiger partial charge is 0.333 e. The number of hydrogen-bond donors (Lipinski definition) is 0. The predicted molar refractivity (Wildman–Crippen MR) is 169 cm³/mol. The molecule has 0 N–H and O–H groups in total. The molecule has 0 aromatic heterocycles. The lowest BCUT2D eigenvalue weighted by Crippen LogP contribution is -2.07. The molecule has 3 aromatic rings. The SMILES string of the molecule is C=C.C=C(C)C(=O)OCC/C=C/Oc1ccc(-c2ccc(-c3ccc(OCCCCOC(=O)C(=C)C)cc3)cc2)cc1. The van der Waals surface area contributed by atoms with Gasteiger partial charge in [0.1, 0.15) is 11.5 Å². The van der Waals surface area contributed by atoms with Gasteiger partial charge >= 0.3 is 11.9 Å². The molecule has 0 aliphatic carbocycles. The molecule has 0 fully saturated rings. The number of benzene rings is 3. The van der Waals surface area contributed by atoms with Crippen molar-refractivity contribution in [3.63, 3.8) is 0 Å². The lowest BCUT2D eigenvalue weighted by Gasteiger charge is -2.09. The monoisotopic (exact) mass is 568 g/mol. The minimum atomic E-state index is -0.383. The van der Waals surface area contributed by atoms with Crippen LogP contribution in [0.4, 0.5) is 0 Å². The maximum absolute atomic E-state index is 11.4. The first-order valence-electron chi connectivity index (χ1n) is 13.7. The first kappa shape index (κ1) is 33.4. The highest BCUT2D eigenvalue weighted by atomic mass is 16.5. The van der Waals surface area contributed by atoms with E-state index in [2.05, 4.69) is 50.6 Å². The van der Waals surface area contributed by atoms with Crippen LogP contribution in [0.25, 0.3) is 22.3 Å². The minimum absolute atomic E-state index is 0.288. The third kappa shape index (κ3) is 11.7. The van der Waals surface area contributed by atoms with E-state index in [0.717, 1.165) is 46.6 Å². The Labute approximate surface area is 249 Å². The molecule has 6 nitrogen and oxygen atoms in total. The fourth-order valence-corrected chi connectivity index (χ4v) is 3.54. The van der Waals surface area contributed by atoms with Crippen molar-refractivity contribution in [2.75, 3.05) is 19.8 Å². The van der Waals surface area contributed by atoms with Gasteiger partial charge < -0.3 is 18.9 Å². The van der Waals surface area contributed by atoms with Crippen molar-refractivity contribution in [2.24, 2.45) is 0 Å². The average Bonchev–Trinajstić information content (AvgIpc) is 3.02. The van der Waals surface area contributed by atoms with Gasteiger partial charge in [-0.1, -0.05) is 61.7 Å². The van der Waals surface area contributed by atoms with Crippen molar-refractivity contribution < 1.29 is 28.5 Å². The van der Waals surface area contributed by atoms with E-state index in [1.54, 1.807) is 20.1 Å². The number of carbonyl (C=O) groups excluding carboxylic acids is 2. The number of ether oxygens (including phenoxy) is 4. The molecule has 0 unspecified atom stereocenters. The van der Waals surface area contributed by atoms with Gasteiger partial charge in [0, 0.05) is 17.6 Å². The summed E-state index contributed by atoms with van der Waals surface area (Å²) >= 11 is 0. The van der Waals surface area contributed by atoms with Crippen LogP contribution in [0.15, 0.2) is 123 Å². The summed E-state index contributed by atoms with van der Waals surface area (Å²) in [6.45, 7) is 17.6. The molecule has 6 heteroatoms. The number of carbonyl (C=O) groups is 2. The fraction of sp³-hybridized carbons (Fsp3) is 0.222. The van der Waals surface area contributed by atoms with Crippen LogP contribution < -0.4 is 9.47 Å². The molecule has 0 spiro atoms. The summed E-state index contributed by atoms with van der Waals surface area (Å²) in [5, 5.41) is 0. The molecule has 0 heterocycles. The van der Waals surface area contributed by atoms with Gasteiger partial charge in [-0.05, 0) is 79.3 Å². The summed E-state index contributed by atoms with van der Waals surface area (Å²) in [7, 11) is 0. The highest BCUT2D eigenvalue weighted by molar-refractivity contribution is 5.87. The van der Waals surface area contributed by atoms with Crippen LogP contribution in [0.3, 0.4) is 0 Å². The quantitative estimate of drug-likeness (QED) is 0.0602. The first-order valence-corrected chi connectivity index (χ1v) is 13.7. The Hall–Kier alpha value is -4.84. The summed E-state index contributed by atoms with van der Waals surface area (Å²) in [6.07, 6.45) is 5.51. The summed E-state index contributed by atoms with van der Waals surface area (Å²) in [4.78, 5) is 22.7. The summed E-state index contributed by atoms with van der Waals surface area (Å²) in [5.41, 5.74) is 5.23. The zero-order chi connectivity index (χ0) is 30.7. The molecule has 3 aromatic carbocycles. The standard InChI is InChI=1S/C34H36O6.C2H4/c1-25(2)33(35)39-23-7-5-21-37-31-17-13-29(14-18-31)27-9-11-28(12-10-27)30-15-19-32(20-16-30)38-22-6-8-24-40-34(36)26(3)4;1-2/h5,9-21H,1,3,6-8,22-24H2,2,4H3;1-2H2/b21-5+;. The van der Waals surface area contributed by atoms with Crippen LogP contribution in [0.2, 0.25) is 0 Å². The number of esters is 2. The zero-order valence-electron chi connectivity index (χ0n) is 24.6. The molecule has 0 saturated carbocycles. The lowest BCUT2D eigenvalue weighted by atomic mass is 10.0. The Kier molecular flexibility index (Phi) is 14.7. The molecule has 0 bridgehead atoms. The van der Waals surface area contributed by atoms with E-state index in [4.69, 9.17) is 18.9 Å². The van der Waals surface area contributed by atoms with Gasteiger partial charge in [-0.3, -0.25) is 0 Å². The van der Waals surface area contributed by atoms with Crippen LogP contribution in [0.5, 0.6) is 11.5 Å². The van der Waals surface area contributed by atoms with Crippen molar-refractivity contribution >= 4 is 11.9 Å². The first-order chi connectivity index (χ1) is 20.3. The van der Waals surface area contributed by atoms with Crippen molar-refractivity contribution in [1.29, 1.82) is 0 Å². The second kappa shape index (κ2) is 18.5. The Morgan fingerprint density at radius 1 is 0.619 bits per heavy atom. The van der Waals surface area contributed by atoms with Gasteiger partial charge in [0.25, 0.3) is 0 Å². The fourth-order valence-electron chi connectivity index (χ4n) is 3.54. The van der Waals surface area contributed by atoms with Gasteiger partial charge in [-0.25, -0.2) is 9.59 Å². The van der Waals surface area contributed by atoms with E-state index in [0.29, 0.717) is 30.8 Å². The zero-order valence-corrected chi connectivity index (χ0v) is 24.6. The van der Waals surface area contributed by atoms with Crippen molar-refractivity contribution in [1.82, 2.24) is 0 Å². The molecular formula is C36H40O6. The third-order valence-corrected chi connectivity index (χ3v) is 5.82. The Bertz CT molecular complexity index is 1320. The normalized spacial score (nSPS) is 10.2. The average molecular weight is 569 g/mol. The highest BCUT2D eigenvalue weighted by Gasteiger charge is 2.04. The largest absolute Gasteiger partial charge is 0.494 e. The Balaban J connectivity index is 0.00000301. The Morgan fingerprint density at radius 2 is 1.02 bits per heavy atom. The lowest BCUT2D eigenvalue weighted by molar-refractivity contribution is -0.139. The van der Waals surface area contributed by atoms with Crippen molar-refractivity contribution in [3.8, 4) is 33.8 Å². The molecule has 42 heavy (non-hydrogen) atoms. The topological polar surface area (TPSA) is 71.1 Å². The summed E-state index contributed by atoms with van der Waals surface area (Å²) in [5.74, 6) is 0.799. The molecule has 220 valence electrons. The predicted octanol–water partition coefficient (Wildman–Crippen LogP) is 8.50. The molecule has 0 radical (unpaired) electrons. The van der Waals surface area contributed by atoms with E-state index >= 15 is 0 Å². The number of unbranched alkanes of at least 4 members (excludes halogenated alkanes) is 1. The van der Waals surface area contributed by atoms with Gasteiger partial charge in [0.15, 0.2) is 0 Å². The van der Waals surface area contributed by atoms with Crippen LogP contribution in [0.1, 0.15) is 33.1 Å². The van der Waals surface area contributed by atoms with Crippen LogP contribution in [0, 0.1) is 0 Å². The van der Waals surface area contributed by atoms with E-state index < -0.39 is 0 Å². The van der Waals surface area contributed by atoms with E-state index in [1.807, 2.05) is 54.6 Å². The Morgan fingerprint density at radius 3 is 1.50 bits per heavy atom. The number of rotatable bonds is 15. The molecule has 0 aliphatic heterocycles. The number of hydrogen-bond acceptors (Lipinski definition) is 6. The van der Waals surface area contributed by atoms with E-state index in [9.17, 15) is 9.59 Å². The third-order valence-electron chi connectivity index (χ3n) is 5.82. The van der Waals surface area contributed by atoms with Gasteiger partial charge in [-0.2, -0.15) is 0 Å². The second-order valence-corrected chi connectivity index (χ2v) is 9.29. The van der Waals surface area contributed by atoms with Crippen molar-refractivity contribution in [2.45, 2.75) is 33.1 Å². The van der Waals surface area contributed by atoms with Crippen LogP contribution in [-0.2, 0) is 19.1 Å².